The van der Waals surface area contributed by atoms with Crippen LogP contribution in [0.1, 0.15) is 24.2 Å². The molecule has 0 saturated carbocycles. The maximum atomic E-state index is 12.4. The molecule has 0 spiro atoms. The summed E-state index contributed by atoms with van der Waals surface area (Å²) in [6.45, 7) is 3.84. The van der Waals surface area contributed by atoms with Crippen molar-refractivity contribution in [3.05, 3.63) is 60.2 Å². The van der Waals surface area contributed by atoms with Crippen molar-refractivity contribution in [3.63, 3.8) is 0 Å². The van der Waals surface area contributed by atoms with E-state index >= 15 is 0 Å². The van der Waals surface area contributed by atoms with Crippen LogP contribution in [0, 0.1) is 0 Å². The lowest BCUT2D eigenvalue weighted by molar-refractivity contribution is -0.119. The Balaban J connectivity index is 2.05. The molecule has 0 fully saturated rings. The van der Waals surface area contributed by atoms with Gasteiger partial charge < -0.3 is 10.6 Å². The van der Waals surface area contributed by atoms with Gasteiger partial charge in [0, 0.05) is 16.6 Å². The van der Waals surface area contributed by atoms with Gasteiger partial charge in [0.2, 0.25) is 5.91 Å². The molecule has 5 heteroatoms. The molecular formula is C18H20N2O2S. The van der Waals surface area contributed by atoms with Crippen LogP contribution >= 0.6 is 11.8 Å². The number of anilines is 1. The molecule has 0 aliphatic carbocycles. The molecule has 0 aliphatic rings. The van der Waals surface area contributed by atoms with Crippen LogP contribution in [-0.2, 0) is 4.79 Å². The van der Waals surface area contributed by atoms with E-state index < -0.39 is 0 Å². The molecule has 0 heterocycles. The Bertz CT molecular complexity index is 672. The second-order valence-electron chi connectivity index (χ2n) is 5.33. The van der Waals surface area contributed by atoms with Gasteiger partial charge in [0.25, 0.3) is 5.91 Å². The predicted molar refractivity (Wildman–Crippen MR) is 94.8 cm³/mol. The zero-order valence-electron chi connectivity index (χ0n) is 13.2. The maximum Gasteiger partial charge on any atom is 0.256 e. The van der Waals surface area contributed by atoms with Gasteiger partial charge in [0.05, 0.1) is 11.3 Å². The van der Waals surface area contributed by atoms with Crippen molar-refractivity contribution >= 4 is 29.3 Å². The summed E-state index contributed by atoms with van der Waals surface area (Å²) >= 11 is 1.36. The van der Waals surface area contributed by atoms with E-state index in [1.54, 1.807) is 6.07 Å². The third kappa shape index (κ3) is 5.45. The van der Waals surface area contributed by atoms with Gasteiger partial charge in [-0.1, -0.05) is 30.3 Å². The third-order valence-corrected chi connectivity index (χ3v) is 4.05. The standard InChI is InChI=1S/C18H20N2O2S/c1-13(2)19-17(21)12-23-16-11-7-6-10-15(16)18(22)20-14-8-4-3-5-9-14/h3-11,13H,12H2,1-2H3,(H,19,21)(H,20,22). The zero-order chi connectivity index (χ0) is 16.7. The van der Waals surface area contributed by atoms with E-state index in [1.165, 1.54) is 11.8 Å². The molecule has 0 atom stereocenters. The summed E-state index contributed by atoms with van der Waals surface area (Å²) in [6.07, 6.45) is 0. The first-order chi connectivity index (χ1) is 11.1. The number of rotatable bonds is 6. The molecule has 0 saturated heterocycles. The summed E-state index contributed by atoms with van der Waals surface area (Å²) in [5.74, 6) is 0.0696. The molecule has 4 nitrogen and oxygen atoms in total. The van der Waals surface area contributed by atoms with Crippen molar-refractivity contribution in [2.75, 3.05) is 11.1 Å². The largest absolute Gasteiger partial charge is 0.353 e. The first-order valence-electron chi connectivity index (χ1n) is 7.44. The molecule has 2 N–H and O–H groups in total. The van der Waals surface area contributed by atoms with Crippen LogP contribution in [0.15, 0.2) is 59.5 Å². The lowest BCUT2D eigenvalue weighted by Gasteiger charge is -2.11. The zero-order valence-corrected chi connectivity index (χ0v) is 14.0. The van der Waals surface area contributed by atoms with E-state index in [9.17, 15) is 9.59 Å². The Labute approximate surface area is 140 Å². The minimum Gasteiger partial charge on any atom is -0.353 e. The van der Waals surface area contributed by atoms with Crippen LogP contribution in [0.2, 0.25) is 0 Å². The van der Waals surface area contributed by atoms with Gasteiger partial charge in [-0.2, -0.15) is 0 Å². The number of hydrogen-bond donors (Lipinski definition) is 2. The lowest BCUT2D eigenvalue weighted by Crippen LogP contribution is -2.31. The molecule has 23 heavy (non-hydrogen) atoms. The second kappa shape index (κ2) is 8.39. The number of amides is 2. The van der Waals surface area contributed by atoms with Crippen molar-refractivity contribution in [2.24, 2.45) is 0 Å². The fourth-order valence-electron chi connectivity index (χ4n) is 2.01. The molecule has 0 aliphatic heterocycles. The quantitative estimate of drug-likeness (QED) is 0.797. The van der Waals surface area contributed by atoms with Gasteiger partial charge in [0.1, 0.15) is 0 Å². The fraction of sp³-hybridized carbons (Fsp3) is 0.222. The number of thioether (sulfide) groups is 1. The van der Waals surface area contributed by atoms with E-state index in [-0.39, 0.29) is 23.6 Å². The van der Waals surface area contributed by atoms with Crippen LogP contribution in [0.5, 0.6) is 0 Å². The van der Waals surface area contributed by atoms with Gasteiger partial charge in [0.15, 0.2) is 0 Å². The Morgan fingerprint density at radius 2 is 1.65 bits per heavy atom. The number of benzene rings is 2. The molecule has 2 aromatic carbocycles. The summed E-state index contributed by atoms with van der Waals surface area (Å²) in [6, 6.07) is 16.7. The van der Waals surface area contributed by atoms with E-state index in [4.69, 9.17) is 0 Å². The predicted octanol–water partition coefficient (Wildman–Crippen LogP) is 3.56. The highest BCUT2D eigenvalue weighted by molar-refractivity contribution is 8.00. The number of carbonyl (C=O) groups excluding carboxylic acids is 2. The summed E-state index contributed by atoms with van der Waals surface area (Å²) in [4.78, 5) is 25.0. The molecule has 0 radical (unpaired) electrons. The Hall–Kier alpha value is -2.27. The Morgan fingerprint density at radius 1 is 1.00 bits per heavy atom. The minimum atomic E-state index is -0.177. The highest BCUT2D eigenvalue weighted by Gasteiger charge is 2.13. The van der Waals surface area contributed by atoms with E-state index in [0.29, 0.717) is 5.56 Å². The Kier molecular flexibility index (Phi) is 6.23. The SMILES string of the molecule is CC(C)NC(=O)CSc1ccccc1C(=O)Nc1ccccc1. The van der Waals surface area contributed by atoms with Gasteiger partial charge in [-0.05, 0) is 38.1 Å². The monoisotopic (exact) mass is 328 g/mol. The molecular weight excluding hydrogens is 308 g/mol. The van der Waals surface area contributed by atoms with Crippen LogP contribution < -0.4 is 10.6 Å². The van der Waals surface area contributed by atoms with E-state index in [2.05, 4.69) is 10.6 Å². The average molecular weight is 328 g/mol. The minimum absolute atomic E-state index is 0.0386. The third-order valence-electron chi connectivity index (χ3n) is 2.97. The van der Waals surface area contributed by atoms with Gasteiger partial charge in [-0.15, -0.1) is 11.8 Å². The number of nitrogens with one attached hydrogen (secondary N) is 2. The normalized spacial score (nSPS) is 10.4. The van der Waals surface area contributed by atoms with E-state index in [1.807, 2.05) is 62.4 Å². The fourth-order valence-corrected chi connectivity index (χ4v) is 2.87. The number of para-hydroxylation sites is 1. The van der Waals surface area contributed by atoms with Crippen molar-refractivity contribution in [3.8, 4) is 0 Å². The van der Waals surface area contributed by atoms with Crippen LogP contribution in [0.4, 0.5) is 5.69 Å². The second-order valence-corrected chi connectivity index (χ2v) is 6.34. The molecule has 0 unspecified atom stereocenters. The maximum absolute atomic E-state index is 12.4. The highest BCUT2D eigenvalue weighted by atomic mass is 32.2. The highest BCUT2D eigenvalue weighted by Crippen LogP contribution is 2.23. The van der Waals surface area contributed by atoms with Crippen molar-refractivity contribution < 1.29 is 9.59 Å². The van der Waals surface area contributed by atoms with Crippen molar-refractivity contribution in [1.82, 2.24) is 5.32 Å². The molecule has 2 amide bonds. The van der Waals surface area contributed by atoms with Crippen LogP contribution in [0.25, 0.3) is 0 Å². The summed E-state index contributed by atoms with van der Waals surface area (Å²) in [7, 11) is 0. The van der Waals surface area contributed by atoms with Gasteiger partial charge in [-0.25, -0.2) is 0 Å². The smallest absolute Gasteiger partial charge is 0.256 e. The number of hydrogen-bond acceptors (Lipinski definition) is 3. The van der Waals surface area contributed by atoms with Gasteiger partial charge in [-0.3, -0.25) is 9.59 Å². The molecule has 0 bridgehead atoms. The van der Waals surface area contributed by atoms with Crippen molar-refractivity contribution in [2.45, 2.75) is 24.8 Å². The summed E-state index contributed by atoms with van der Waals surface area (Å²) in [5, 5.41) is 5.71. The van der Waals surface area contributed by atoms with Crippen LogP contribution in [-0.4, -0.2) is 23.6 Å². The first-order valence-corrected chi connectivity index (χ1v) is 8.42. The summed E-state index contributed by atoms with van der Waals surface area (Å²) in [5.41, 5.74) is 1.31. The van der Waals surface area contributed by atoms with E-state index in [0.717, 1.165) is 10.6 Å². The van der Waals surface area contributed by atoms with Crippen LogP contribution in [0.3, 0.4) is 0 Å². The van der Waals surface area contributed by atoms with Crippen molar-refractivity contribution in [1.29, 1.82) is 0 Å². The average Bonchev–Trinajstić information content (AvgIpc) is 2.53. The Morgan fingerprint density at radius 3 is 2.35 bits per heavy atom. The van der Waals surface area contributed by atoms with Gasteiger partial charge >= 0.3 is 0 Å². The summed E-state index contributed by atoms with van der Waals surface area (Å²) < 4.78 is 0. The number of carbonyl (C=O) groups is 2. The topological polar surface area (TPSA) is 58.2 Å². The molecule has 0 aromatic heterocycles. The molecule has 2 aromatic rings. The molecule has 120 valence electrons. The first kappa shape index (κ1) is 17.1. The lowest BCUT2D eigenvalue weighted by atomic mass is 10.2. The molecule has 2 rings (SSSR count).